The van der Waals surface area contributed by atoms with Gasteiger partial charge < -0.3 is 5.32 Å². The van der Waals surface area contributed by atoms with Gasteiger partial charge >= 0.3 is 0 Å². The van der Waals surface area contributed by atoms with Crippen molar-refractivity contribution in [3.8, 4) is 0 Å². The van der Waals surface area contributed by atoms with Crippen LogP contribution in [0.5, 0.6) is 0 Å². The Morgan fingerprint density at radius 3 is 2.43 bits per heavy atom. The van der Waals surface area contributed by atoms with Crippen LogP contribution in [0, 0.1) is 6.92 Å². The fourth-order valence-corrected chi connectivity index (χ4v) is 2.90. The van der Waals surface area contributed by atoms with Crippen LogP contribution in [0.3, 0.4) is 0 Å². The molecule has 1 aliphatic carbocycles. The summed E-state index contributed by atoms with van der Waals surface area (Å²) in [6, 6.07) is 18.5. The number of rotatable bonds is 6. The first-order valence-corrected chi connectivity index (χ1v) is 8.25. The molecule has 1 N–H and O–H groups in total. The summed E-state index contributed by atoms with van der Waals surface area (Å²) in [6.07, 6.45) is 2.21. The maximum Gasteiger partial charge on any atom is 0.242 e. The van der Waals surface area contributed by atoms with E-state index in [0.717, 1.165) is 24.9 Å². The van der Waals surface area contributed by atoms with E-state index in [1.807, 2.05) is 43.4 Å². The first-order valence-electron chi connectivity index (χ1n) is 8.25. The van der Waals surface area contributed by atoms with E-state index in [-0.39, 0.29) is 11.9 Å². The number of carbonyl (C=O) groups is 1. The minimum Gasteiger partial charge on any atom is -0.352 e. The number of likely N-dealkylation sites (N-methyl/N-ethyl adjacent to an activating group) is 1. The molecule has 0 saturated heterocycles. The average molecular weight is 308 g/mol. The van der Waals surface area contributed by atoms with Crippen LogP contribution in [0.15, 0.2) is 54.6 Å². The largest absolute Gasteiger partial charge is 0.352 e. The Bertz CT molecular complexity index is 664. The number of amides is 1. The molecular formula is C20H24N2O. The molecular weight excluding hydrogens is 284 g/mol. The van der Waals surface area contributed by atoms with Gasteiger partial charge in [0.2, 0.25) is 5.91 Å². The zero-order valence-electron chi connectivity index (χ0n) is 13.8. The van der Waals surface area contributed by atoms with E-state index in [4.69, 9.17) is 0 Å². The molecule has 0 spiro atoms. The van der Waals surface area contributed by atoms with Crippen molar-refractivity contribution in [2.24, 2.45) is 0 Å². The van der Waals surface area contributed by atoms with E-state index in [0.29, 0.717) is 6.04 Å². The van der Waals surface area contributed by atoms with Gasteiger partial charge in [-0.1, -0.05) is 54.6 Å². The lowest BCUT2D eigenvalue weighted by Gasteiger charge is -2.28. The molecule has 3 nitrogen and oxygen atoms in total. The summed E-state index contributed by atoms with van der Waals surface area (Å²) in [7, 11) is 2.02. The summed E-state index contributed by atoms with van der Waals surface area (Å²) in [4.78, 5) is 14.9. The molecule has 0 bridgehead atoms. The Hall–Kier alpha value is -2.13. The zero-order chi connectivity index (χ0) is 16.2. The summed E-state index contributed by atoms with van der Waals surface area (Å²) < 4.78 is 0. The highest BCUT2D eigenvalue weighted by molar-refractivity contribution is 5.83. The van der Waals surface area contributed by atoms with Crippen LogP contribution in [-0.4, -0.2) is 23.9 Å². The Balaban J connectivity index is 1.81. The number of hydrogen-bond acceptors (Lipinski definition) is 2. The van der Waals surface area contributed by atoms with Gasteiger partial charge in [0.1, 0.15) is 6.04 Å². The predicted molar refractivity (Wildman–Crippen MR) is 93.0 cm³/mol. The van der Waals surface area contributed by atoms with E-state index >= 15 is 0 Å². The summed E-state index contributed by atoms with van der Waals surface area (Å²) >= 11 is 0. The second-order valence-corrected chi connectivity index (χ2v) is 6.44. The van der Waals surface area contributed by atoms with E-state index < -0.39 is 0 Å². The van der Waals surface area contributed by atoms with Crippen LogP contribution in [0.4, 0.5) is 0 Å². The van der Waals surface area contributed by atoms with E-state index in [2.05, 4.69) is 35.3 Å². The Kier molecular flexibility index (Phi) is 4.77. The topological polar surface area (TPSA) is 32.3 Å². The predicted octanol–water partition coefficient (Wildman–Crippen LogP) is 3.45. The van der Waals surface area contributed by atoms with Gasteiger partial charge in [-0.3, -0.25) is 9.69 Å². The van der Waals surface area contributed by atoms with Crippen LogP contribution in [-0.2, 0) is 11.3 Å². The van der Waals surface area contributed by atoms with Crippen LogP contribution in [0.25, 0.3) is 0 Å². The monoisotopic (exact) mass is 308 g/mol. The molecule has 0 heterocycles. The summed E-state index contributed by atoms with van der Waals surface area (Å²) in [5, 5.41) is 3.15. The third-order valence-electron chi connectivity index (χ3n) is 4.41. The molecule has 120 valence electrons. The van der Waals surface area contributed by atoms with Crippen LogP contribution < -0.4 is 5.32 Å². The summed E-state index contributed by atoms with van der Waals surface area (Å²) in [5.41, 5.74) is 3.56. The molecule has 0 aromatic heterocycles. The lowest BCUT2D eigenvalue weighted by Crippen LogP contribution is -2.39. The van der Waals surface area contributed by atoms with Gasteiger partial charge in [0.05, 0.1) is 0 Å². The average Bonchev–Trinajstić information content (AvgIpc) is 3.35. The van der Waals surface area contributed by atoms with Gasteiger partial charge in [-0.25, -0.2) is 0 Å². The third kappa shape index (κ3) is 3.99. The highest BCUT2D eigenvalue weighted by Crippen LogP contribution is 2.25. The molecule has 3 rings (SSSR count). The highest BCUT2D eigenvalue weighted by atomic mass is 16.2. The number of nitrogens with one attached hydrogen (secondary N) is 1. The second kappa shape index (κ2) is 6.97. The molecule has 1 amide bonds. The standard InChI is InChI=1S/C20H24N2O/c1-15-8-6-7-11-17(15)14-22(2)19(16-9-4-3-5-10-16)20(23)21-18-12-13-18/h3-11,18-19H,12-14H2,1-2H3,(H,21,23)/t19-/m1/s1. The number of nitrogens with zero attached hydrogens (tertiary/aromatic N) is 1. The van der Waals surface area contributed by atoms with Crippen molar-refractivity contribution in [2.75, 3.05) is 7.05 Å². The smallest absolute Gasteiger partial charge is 0.242 e. The minimum absolute atomic E-state index is 0.106. The molecule has 0 aliphatic heterocycles. The van der Waals surface area contributed by atoms with E-state index in [9.17, 15) is 4.79 Å². The van der Waals surface area contributed by atoms with Gasteiger partial charge in [0.25, 0.3) is 0 Å². The maximum absolute atomic E-state index is 12.8. The minimum atomic E-state index is -0.253. The SMILES string of the molecule is Cc1ccccc1CN(C)[C@@H](C(=O)NC1CC1)c1ccccc1. The van der Waals surface area contributed by atoms with Crippen molar-refractivity contribution >= 4 is 5.91 Å². The van der Waals surface area contributed by atoms with Gasteiger partial charge in [0.15, 0.2) is 0 Å². The molecule has 2 aromatic carbocycles. The molecule has 1 fully saturated rings. The number of aryl methyl sites for hydroxylation is 1. The van der Waals surface area contributed by atoms with Gasteiger partial charge in [0, 0.05) is 12.6 Å². The van der Waals surface area contributed by atoms with Gasteiger partial charge in [-0.05, 0) is 43.5 Å². The Morgan fingerprint density at radius 1 is 1.13 bits per heavy atom. The van der Waals surface area contributed by atoms with Crippen molar-refractivity contribution in [3.63, 3.8) is 0 Å². The zero-order valence-corrected chi connectivity index (χ0v) is 13.8. The van der Waals surface area contributed by atoms with E-state index in [1.165, 1.54) is 11.1 Å². The lowest BCUT2D eigenvalue weighted by molar-refractivity contribution is -0.126. The highest BCUT2D eigenvalue weighted by Gasteiger charge is 2.30. The van der Waals surface area contributed by atoms with Crippen molar-refractivity contribution in [2.45, 2.75) is 38.4 Å². The first kappa shape index (κ1) is 15.8. The molecule has 0 radical (unpaired) electrons. The fraction of sp³-hybridized carbons (Fsp3) is 0.350. The number of benzene rings is 2. The summed E-state index contributed by atoms with van der Waals surface area (Å²) in [5.74, 6) is 0.106. The van der Waals surface area contributed by atoms with Gasteiger partial charge in [-0.2, -0.15) is 0 Å². The molecule has 0 unspecified atom stereocenters. The molecule has 3 heteroatoms. The summed E-state index contributed by atoms with van der Waals surface area (Å²) in [6.45, 7) is 2.87. The molecule has 1 aliphatic rings. The number of carbonyl (C=O) groups excluding carboxylic acids is 1. The van der Waals surface area contributed by atoms with Crippen molar-refractivity contribution in [1.82, 2.24) is 10.2 Å². The van der Waals surface area contributed by atoms with Crippen LogP contribution in [0.1, 0.15) is 35.6 Å². The normalized spacial score (nSPS) is 15.4. The Labute approximate surface area is 138 Å². The van der Waals surface area contributed by atoms with Crippen LogP contribution in [0.2, 0.25) is 0 Å². The molecule has 23 heavy (non-hydrogen) atoms. The first-order chi connectivity index (χ1) is 11.1. The molecule has 1 saturated carbocycles. The van der Waals surface area contributed by atoms with Crippen LogP contribution >= 0.6 is 0 Å². The molecule has 1 atom stereocenters. The van der Waals surface area contributed by atoms with Crippen molar-refractivity contribution in [3.05, 3.63) is 71.3 Å². The number of hydrogen-bond donors (Lipinski definition) is 1. The van der Waals surface area contributed by atoms with E-state index in [1.54, 1.807) is 0 Å². The quantitative estimate of drug-likeness (QED) is 0.886. The fourth-order valence-electron chi connectivity index (χ4n) is 2.90. The third-order valence-corrected chi connectivity index (χ3v) is 4.41. The Morgan fingerprint density at radius 2 is 1.78 bits per heavy atom. The molecule has 2 aromatic rings. The van der Waals surface area contributed by atoms with Crippen molar-refractivity contribution in [1.29, 1.82) is 0 Å². The van der Waals surface area contributed by atoms with Crippen molar-refractivity contribution < 1.29 is 4.79 Å². The second-order valence-electron chi connectivity index (χ2n) is 6.44. The van der Waals surface area contributed by atoms with Gasteiger partial charge in [-0.15, -0.1) is 0 Å². The lowest BCUT2D eigenvalue weighted by atomic mass is 10.0. The maximum atomic E-state index is 12.8.